The molecule has 3 rings (SSSR count). The third-order valence-corrected chi connectivity index (χ3v) is 2.92. The molecule has 0 saturated carbocycles. The molecule has 1 aliphatic carbocycles. The maximum atomic E-state index is 8.89. The molecule has 0 unspecified atom stereocenters. The number of benzene rings is 2. The van der Waals surface area contributed by atoms with Gasteiger partial charge in [0.2, 0.25) is 0 Å². The maximum absolute atomic E-state index is 8.89. The molecule has 0 N–H and O–H groups in total. The van der Waals surface area contributed by atoms with Crippen LogP contribution in [0.25, 0.3) is 11.1 Å². The van der Waals surface area contributed by atoms with E-state index >= 15 is 0 Å². The van der Waals surface area contributed by atoms with E-state index in [-0.39, 0.29) is 0 Å². The second kappa shape index (κ2) is 5.93. The van der Waals surface area contributed by atoms with Gasteiger partial charge in [0.05, 0.1) is 0 Å². The van der Waals surface area contributed by atoms with Gasteiger partial charge in [0, 0.05) is 0 Å². The molecule has 17 heavy (non-hydrogen) atoms. The average Bonchev–Trinajstić information content (AvgIpc) is 2.77. The first-order valence-electron chi connectivity index (χ1n) is 5.01. The zero-order chi connectivity index (χ0) is 12.1. The normalized spacial score (nSPS) is 10.9. The van der Waals surface area contributed by atoms with Gasteiger partial charge in [-0.2, -0.15) is 29.8 Å². The molecule has 0 aromatic heterocycles. The molecule has 1 aliphatic rings. The quantitative estimate of drug-likeness (QED) is 0.458. The van der Waals surface area contributed by atoms with Crippen molar-refractivity contribution in [2.24, 2.45) is 0 Å². The Bertz CT molecular complexity index is 530. The van der Waals surface area contributed by atoms with Crippen LogP contribution in [-0.4, -0.2) is 4.86 Å². The van der Waals surface area contributed by atoms with Crippen molar-refractivity contribution in [3.05, 3.63) is 59.7 Å². The summed E-state index contributed by atoms with van der Waals surface area (Å²) >= 11 is 0.389. The molecule has 0 amide bonds. The van der Waals surface area contributed by atoms with Crippen LogP contribution in [0, 0.1) is 6.07 Å². The minimum absolute atomic E-state index is 0.389. The molecule has 0 bridgehead atoms. The van der Waals surface area contributed by atoms with Crippen LogP contribution in [0.5, 0.6) is 0 Å². The van der Waals surface area contributed by atoms with Crippen molar-refractivity contribution in [2.45, 2.75) is 6.42 Å². The van der Waals surface area contributed by atoms with Crippen LogP contribution in [0.2, 0.25) is 0 Å². The Labute approximate surface area is 110 Å². The van der Waals surface area contributed by atoms with Crippen molar-refractivity contribution in [3.63, 3.8) is 0 Å². The maximum Gasteiger partial charge on any atom is -0.0253 e. The summed E-state index contributed by atoms with van der Waals surface area (Å²) < 4.78 is 0. The van der Waals surface area contributed by atoms with Crippen LogP contribution in [0.4, 0.5) is 0 Å². The minimum atomic E-state index is 0.389. The number of rotatable bonds is 0. The van der Waals surface area contributed by atoms with Gasteiger partial charge in [-0.05, 0) is 6.42 Å². The van der Waals surface area contributed by atoms with E-state index in [1.165, 1.54) is 27.1 Å². The van der Waals surface area contributed by atoms with Gasteiger partial charge in [-0.25, -0.2) is 0 Å². The predicted octanol–water partition coefficient (Wildman–Crippen LogP) is 3.35. The van der Waals surface area contributed by atoms with Crippen LogP contribution >= 0.6 is 10.2 Å². The van der Waals surface area contributed by atoms with Crippen LogP contribution < -0.4 is 0 Å². The SMILES string of the molecule is O=[C]=[Ni][Cl].[c-]1cccc2c1Cc1ccccc1-2. The van der Waals surface area contributed by atoms with Gasteiger partial charge in [0.15, 0.2) is 0 Å². The Morgan fingerprint density at radius 2 is 1.88 bits per heavy atom. The first kappa shape index (κ1) is 12.3. The number of halogens is 1. The molecule has 0 spiro atoms. The molecule has 0 atom stereocenters. The summed E-state index contributed by atoms with van der Waals surface area (Å²) in [7, 11) is 4.70. The molecule has 0 fully saturated rings. The van der Waals surface area contributed by atoms with Crippen molar-refractivity contribution in [3.8, 4) is 11.1 Å². The largest absolute Gasteiger partial charge is 0.179 e. The van der Waals surface area contributed by atoms with Crippen LogP contribution in [0.3, 0.4) is 0 Å². The molecule has 2 aromatic carbocycles. The van der Waals surface area contributed by atoms with Gasteiger partial charge in [0.1, 0.15) is 0 Å². The fourth-order valence-electron chi connectivity index (χ4n) is 2.00. The first-order chi connectivity index (χ1) is 8.36. The van der Waals surface area contributed by atoms with E-state index < -0.39 is 0 Å². The molecule has 0 heterocycles. The monoisotopic (exact) mass is 286 g/mol. The molecule has 0 radical (unpaired) electrons. The summed E-state index contributed by atoms with van der Waals surface area (Å²) in [5, 5.41) is 0. The predicted molar refractivity (Wildman–Crippen MR) is 65.1 cm³/mol. The van der Waals surface area contributed by atoms with Crippen molar-refractivity contribution in [1.82, 2.24) is 0 Å². The smallest absolute Gasteiger partial charge is 0.0253 e. The first-order valence-corrected chi connectivity index (χ1v) is 6.86. The molecule has 0 saturated heterocycles. The summed E-state index contributed by atoms with van der Waals surface area (Å²) in [4.78, 5) is 10.3. The molecule has 89 valence electrons. The third-order valence-electron chi connectivity index (χ3n) is 2.64. The van der Waals surface area contributed by atoms with E-state index in [1.807, 2.05) is 6.07 Å². The van der Waals surface area contributed by atoms with E-state index in [9.17, 15) is 0 Å². The minimum Gasteiger partial charge on any atom is -0.179 e. The zero-order valence-corrected chi connectivity index (χ0v) is 10.6. The number of carbonyl (C=O) groups excluding carboxylic acids is 1. The van der Waals surface area contributed by atoms with Gasteiger partial charge >= 0.3 is 33.0 Å². The molecular weight excluding hydrogens is 278 g/mol. The van der Waals surface area contributed by atoms with Crippen LogP contribution in [0.1, 0.15) is 11.1 Å². The summed E-state index contributed by atoms with van der Waals surface area (Å²) in [5.74, 6) is 0. The van der Waals surface area contributed by atoms with Gasteiger partial charge in [-0.1, -0.05) is 35.4 Å². The Balaban J connectivity index is 0.000000239. The Kier molecular flexibility index (Phi) is 4.28. The second-order valence-electron chi connectivity index (χ2n) is 3.52. The molecule has 3 heteroatoms. The van der Waals surface area contributed by atoms with Crippen molar-refractivity contribution < 1.29 is 17.9 Å². The Morgan fingerprint density at radius 1 is 1.18 bits per heavy atom. The fourth-order valence-corrected chi connectivity index (χ4v) is 2.00. The standard InChI is InChI=1S/C13H9.CO.ClH.Ni/c1-3-7-12-10(5-1)9-11-6-2-4-8-13(11)12;1-2;;/h1-5,7-8H,9H2;;1H;/q-1;;;+1/p-1. The summed E-state index contributed by atoms with van der Waals surface area (Å²) in [6.45, 7) is 0. The average molecular weight is 287 g/mol. The third kappa shape index (κ3) is 2.73. The number of fused-ring (bicyclic) bond motifs is 3. The van der Waals surface area contributed by atoms with E-state index in [4.69, 9.17) is 15.0 Å². The second-order valence-corrected chi connectivity index (χ2v) is 4.40. The van der Waals surface area contributed by atoms with E-state index in [0.29, 0.717) is 13.1 Å². The van der Waals surface area contributed by atoms with Crippen LogP contribution in [-0.2, 0) is 24.3 Å². The molecule has 0 aliphatic heterocycles. The van der Waals surface area contributed by atoms with Gasteiger partial charge in [-0.3, -0.25) is 0 Å². The van der Waals surface area contributed by atoms with Crippen molar-refractivity contribution >= 4 is 15.1 Å². The summed E-state index contributed by atoms with van der Waals surface area (Å²) in [6, 6.07) is 18.1. The molecule has 2 aromatic rings. The Morgan fingerprint density at radius 3 is 2.65 bits per heavy atom. The molecular formula is C14H9ClNiO-. The van der Waals surface area contributed by atoms with Crippen LogP contribution in [0.15, 0.2) is 42.5 Å². The Hall–Kier alpha value is -1.20. The van der Waals surface area contributed by atoms with E-state index in [2.05, 4.69) is 42.5 Å². The van der Waals surface area contributed by atoms with E-state index in [1.54, 1.807) is 0 Å². The van der Waals surface area contributed by atoms with Gasteiger partial charge < -0.3 is 0 Å². The summed E-state index contributed by atoms with van der Waals surface area (Å²) in [6.07, 6.45) is 1.05. The topological polar surface area (TPSA) is 17.1 Å². The number of hydrogen-bond donors (Lipinski definition) is 0. The van der Waals surface area contributed by atoms with Gasteiger partial charge in [-0.15, -0.1) is 5.56 Å². The molecule has 1 nitrogen and oxygen atoms in total. The summed E-state index contributed by atoms with van der Waals surface area (Å²) in [5.41, 5.74) is 5.51. The fraction of sp³-hybridized carbons (Fsp3) is 0.0714. The van der Waals surface area contributed by atoms with Crippen molar-refractivity contribution in [2.75, 3.05) is 0 Å². The van der Waals surface area contributed by atoms with Gasteiger partial charge in [0.25, 0.3) is 0 Å². The zero-order valence-electron chi connectivity index (χ0n) is 8.85. The van der Waals surface area contributed by atoms with E-state index in [0.717, 1.165) is 6.42 Å². The number of hydrogen-bond acceptors (Lipinski definition) is 1. The van der Waals surface area contributed by atoms with Crippen molar-refractivity contribution in [1.29, 1.82) is 0 Å².